The van der Waals surface area contributed by atoms with Crippen molar-refractivity contribution in [1.29, 1.82) is 0 Å². The second kappa shape index (κ2) is 21.2. The van der Waals surface area contributed by atoms with Crippen molar-refractivity contribution in [2.75, 3.05) is 64.4 Å². The molecule has 0 bridgehead atoms. The van der Waals surface area contributed by atoms with Crippen molar-refractivity contribution in [2.24, 2.45) is 5.92 Å². The van der Waals surface area contributed by atoms with E-state index in [1.807, 2.05) is 21.1 Å². The molecule has 0 aromatic carbocycles. The summed E-state index contributed by atoms with van der Waals surface area (Å²) in [6, 6.07) is 0. The van der Waals surface area contributed by atoms with Gasteiger partial charge in [-0.2, -0.15) is 11.8 Å². The van der Waals surface area contributed by atoms with E-state index in [0.29, 0.717) is 16.8 Å². The van der Waals surface area contributed by atoms with Crippen LogP contribution in [0.2, 0.25) is 0 Å². The fourth-order valence-corrected chi connectivity index (χ4v) is 7.02. The highest BCUT2D eigenvalue weighted by Gasteiger charge is 2.26. The summed E-state index contributed by atoms with van der Waals surface area (Å²) >= 11 is 1.70. The zero-order valence-corrected chi connectivity index (χ0v) is 26.4. The van der Waals surface area contributed by atoms with E-state index in [1.54, 1.807) is 11.8 Å². The van der Waals surface area contributed by atoms with Crippen molar-refractivity contribution in [3.63, 3.8) is 0 Å². The molecule has 7 nitrogen and oxygen atoms in total. The summed E-state index contributed by atoms with van der Waals surface area (Å²) in [6.45, 7) is 2.83. The van der Waals surface area contributed by atoms with Crippen molar-refractivity contribution < 1.29 is 31.4 Å². The van der Waals surface area contributed by atoms with Crippen LogP contribution < -0.4 is 0 Å². The lowest BCUT2D eigenvalue weighted by molar-refractivity contribution is -0.870. The van der Waals surface area contributed by atoms with Gasteiger partial charge in [0.05, 0.1) is 33.5 Å². The van der Waals surface area contributed by atoms with Gasteiger partial charge in [0.25, 0.3) is 0 Å². The fourth-order valence-electron chi connectivity index (χ4n) is 3.89. The lowest BCUT2D eigenvalue weighted by atomic mass is 10.0. The molecule has 0 amide bonds. The Balaban J connectivity index is 3.91. The molecule has 0 saturated carbocycles. The predicted molar refractivity (Wildman–Crippen MR) is 155 cm³/mol. The minimum Gasteiger partial charge on any atom is -0.329 e. The minimum atomic E-state index is -4.19. The molecule has 0 aliphatic heterocycles. The summed E-state index contributed by atoms with van der Waals surface area (Å²) in [5, 5.41) is 0. The molecule has 0 aliphatic carbocycles. The molecule has 0 rings (SSSR count). The fraction of sp³-hybridized carbons (Fsp3) is 1.00. The maximum Gasteiger partial charge on any atom is 0.472 e. The number of phosphoric ester groups is 1. The highest BCUT2D eigenvalue weighted by Crippen LogP contribution is 2.43. The molecule has 2 atom stereocenters. The predicted octanol–water partition coefficient (Wildman–Crippen LogP) is 6.70. The van der Waals surface area contributed by atoms with Gasteiger partial charge in [0, 0.05) is 12.2 Å². The number of hydrogen-bond donors (Lipinski definition) is 1. The molecule has 0 aromatic heterocycles. The molecule has 0 aromatic rings. The molecule has 2 unspecified atom stereocenters. The Labute approximate surface area is 227 Å². The van der Waals surface area contributed by atoms with Crippen molar-refractivity contribution in [2.45, 2.75) is 96.8 Å². The van der Waals surface area contributed by atoms with Crippen LogP contribution in [0.4, 0.5) is 0 Å². The van der Waals surface area contributed by atoms with E-state index < -0.39 is 17.7 Å². The van der Waals surface area contributed by atoms with Gasteiger partial charge in [-0.25, -0.2) is 13.0 Å². The van der Waals surface area contributed by atoms with Crippen LogP contribution in [0.3, 0.4) is 0 Å². The number of nitrogens with zero attached hydrogens (tertiary/aromatic N) is 1. The first-order chi connectivity index (χ1) is 16.8. The average molecular weight is 575 g/mol. The summed E-state index contributed by atoms with van der Waals surface area (Å²) in [5.74, 6) is 1.16. The molecular weight excluding hydrogens is 517 g/mol. The van der Waals surface area contributed by atoms with Gasteiger partial charge in [-0.3, -0.25) is 9.05 Å². The summed E-state index contributed by atoms with van der Waals surface area (Å²) in [6.07, 6.45) is 19.8. The minimum absolute atomic E-state index is 0.0579. The number of sulfone groups is 1. The van der Waals surface area contributed by atoms with Crippen LogP contribution in [0, 0.1) is 5.92 Å². The van der Waals surface area contributed by atoms with Gasteiger partial charge in [-0.15, -0.1) is 0 Å². The molecule has 0 aliphatic rings. The summed E-state index contributed by atoms with van der Waals surface area (Å²) in [4.78, 5) is 9.92. The second-order valence-corrected chi connectivity index (χ2v) is 16.0. The molecule has 0 heterocycles. The highest BCUT2D eigenvalue weighted by atomic mass is 32.2. The smallest absolute Gasteiger partial charge is 0.329 e. The Hall–Kier alpha value is 0.370. The van der Waals surface area contributed by atoms with Crippen LogP contribution in [0.1, 0.15) is 96.8 Å². The van der Waals surface area contributed by atoms with Gasteiger partial charge < -0.3 is 9.38 Å². The number of hydrogen-bond acceptors (Lipinski definition) is 6. The van der Waals surface area contributed by atoms with E-state index in [2.05, 4.69) is 6.92 Å². The molecular formula is C26H57NO6PS2+. The summed E-state index contributed by atoms with van der Waals surface area (Å²) < 4.78 is 46.5. The number of phosphoric acid groups is 1. The Bertz CT molecular complexity index is 670. The van der Waals surface area contributed by atoms with E-state index in [9.17, 15) is 17.9 Å². The third-order valence-electron chi connectivity index (χ3n) is 6.02. The van der Waals surface area contributed by atoms with Crippen LogP contribution in [0.5, 0.6) is 0 Å². The zero-order valence-electron chi connectivity index (χ0n) is 23.9. The van der Waals surface area contributed by atoms with Gasteiger partial charge in [-0.05, 0) is 17.9 Å². The number of unbranched alkanes of at least 4 members (excludes halogenated alkanes) is 13. The third-order valence-corrected chi connectivity index (χ3v) is 9.37. The van der Waals surface area contributed by atoms with Crippen molar-refractivity contribution in [3.8, 4) is 0 Å². The molecule has 0 saturated heterocycles. The molecule has 36 heavy (non-hydrogen) atoms. The normalized spacial score (nSPS) is 15.2. The van der Waals surface area contributed by atoms with Crippen molar-refractivity contribution >= 4 is 29.4 Å². The summed E-state index contributed by atoms with van der Waals surface area (Å²) in [5.41, 5.74) is 0. The van der Waals surface area contributed by atoms with E-state index in [4.69, 9.17) is 9.05 Å². The zero-order chi connectivity index (χ0) is 27.3. The lowest BCUT2D eigenvalue weighted by Gasteiger charge is -2.24. The van der Waals surface area contributed by atoms with Gasteiger partial charge in [-0.1, -0.05) is 90.4 Å². The van der Waals surface area contributed by atoms with Crippen LogP contribution in [0.25, 0.3) is 0 Å². The second-order valence-electron chi connectivity index (χ2n) is 11.2. The van der Waals surface area contributed by atoms with E-state index in [-0.39, 0.29) is 24.9 Å². The number of likely N-dealkylation sites (N-methyl/N-ethyl adjacent to an activating group) is 1. The standard InChI is InChI=1S/C26H56NO6PS2/c1-6-7-8-9-10-11-12-13-14-15-16-17-18-19-22-35-24-26(25-36(5,30)31)23-33-34(28,29)32-21-20-27(2,3)4/h26H,6-25H2,1-5H3/p+1. The van der Waals surface area contributed by atoms with Crippen molar-refractivity contribution in [1.82, 2.24) is 0 Å². The van der Waals surface area contributed by atoms with E-state index in [0.717, 1.165) is 12.2 Å². The number of rotatable bonds is 26. The van der Waals surface area contributed by atoms with Gasteiger partial charge in [0.15, 0.2) is 0 Å². The molecule has 0 radical (unpaired) electrons. The molecule has 10 heteroatoms. The molecule has 0 fully saturated rings. The lowest BCUT2D eigenvalue weighted by Crippen LogP contribution is -2.37. The Morgan fingerprint density at radius 1 is 0.833 bits per heavy atom. The number of quaternary nitrogens is 1. The molecule has 1 N–H and O–H groups in total. The molecule has 218 valence electrons. The Morgan fingerprint density at radius 3 is 1.75 bits per heavy atom. The average Bonchev–Trinajstić information content (AvgIpc) is 2.75. The topological polar surface area (TPSA) is 89.9 Å². The largest absolute Gasteiger partial charge is 0.472 e. The Morgan fingerprint density at radius 2 is 1.31 bits per heavy atom. The first-order valence-corrected chi connectivity index (χ1v) is 18.7. The quantitative estimate of drug-likeness (QED) is 0.0698. The third kappa shape index (κ3) is 27.4. The van der Waals surface area contributed by atoms with Gasteiger partial charge in [0.1, 0.15) is 23.0 Å². The maximum absolute atomic E-state index is 12.1. The first-order valence-electron chi connectivity index (χ1n) is 14.0. The number of thioether (sulfide) groups is 1. The van der Waals surface area contributed by atoms with Gasteiger partial charge in [0.2, 0.25) is 0 Å². The molecule has 0 spiro atoms. The van der Waals surface area contributed by atoms with Crippen molar-refractivity contribution in [3.05, 3.63) is 0 Å². The Kier molecular flexibility index (Phi) is 21.4. The maximum atomic E-state index is 12.1. The van der Waals surface area contributed by atoms with Crippen LogP contribution in [0.15, 0.2) is 0 Å². The van der Waals surface area contributed by atoms with E-state index in [1.165, 1.54) is 89.7 Å². The SMILES string of the molecule is CCCCCCCCCCCCCCCCSCC(COP(=O)(O)OCC[N+](C)(C)C)CS(C)(=O)=O. The summed E-state index contributed by atoms with van der Waals surface area (Å²) in [7, 11) is -1.51. The van der Waals surface area contributed by atoms with Crippen LogP contribution >= 0.6 is 19.6 Å². The van der Waals surface area contributed by atoms with Crippen LogP contribution in [-0.2, 0) is 23.4 Å². The van der Waals surface area contributed by atoms with Gasteiger partial charge >= 0.3 is 7.82 Å². The highest BCUT2D eigenvalue weighted by molar-refractivity contribution is 7.99. The van der Waals surface area contributed by atoms with E-state index >= 15 is 0 Å². The monoisotopic (exact) mass is 574 g/mol. The van der Waals surface area contributed by atoms with Crippen LogP contribution in [-0.4, -0.2) is 82.2 Å². The first kappa shape index (κ1) is 36.4.